The highest BCUT2D eigenvalue weighted by molar-refractivity contribution is 7.08. The lowest BCUT2D eigenvalue weighted by atomic mass is 9.96. The van der Waals surface area contributed by atoms with Crippen LogP contribution in [0.1, 0.15) is 38.2 Å². The lowest BCUT2D eigenvalue weighted by Gasteiger charge is -2.04. The number of hydrogen-bond acceptors (Lipinski definition) is 4. The van der Waals surface area contributed by atoms with Crippen LogP contribution in [0.4, 0.5) is 0 Å². The molecule has 0 radical (unpaired) electrons. The van der Waals surface area contributed by atoms with Gasteiger partial charge in [0.2, 0.25) is 0 Å². The monoisotopic (exact) mass is 417 g/mol. The van der Waals surface area contributed by atoms with Gasteiger partial charge in [-0.3, -0.25) is 0 Å². The maximum Gasteiger partial charge on any atom is 0.352 e. The second-order valence-corrected chi connectivity index (χ2v) is 7.31. The molecule has 4 rings (SSSR count). The van der Waals surface area contributed by atoms with Crippen molar-refractivity contribution in [2.45, 2.75) is 27.7 Å². The van der Waals surface area contributed by atoms with Crippen molar-refractivity contribution in [1.82, 2.24) is 4.98 Å². The predicted molar refractivity (Wildman–Crippen MR) is 120 cm³/mol. The van der Waals surface area contributed by atoms with E-state index in [2.05, 4.69) is 10.4 Å². The Morgan fingerprint density at radius 1 is 0.778 bits per heavy atom. The van der Waals surface area contributed by atoms with Crippen molar-refractivity contribution in [1.29, 1.82) is 0 Å². The van der Waals surface area contributed by atoms with E-state index in [4.69, 9.17) is 0 Å². The molecule has 6 heteroatoms. The van der Waals surface area contributed by atoms with Crippen LogP contribution in [0, 0.1) is 0 Å². The van der Waals surface area contributed by atoms with E-state index in [1.807, 2.05) is 72.8 Å². The summed E-state index contributed by atoms with van der Waals surface area (Å²) in [4.78, 5) is 14.9. The minimum atomic E-state index is -0.941. The molecule has 0 atom stereocenters. The third-order valence-corrected chi connectivity index (χ3v) is 5.69. The zero-order valence-electron chi connectivity index (χ0n) is 15.8. The Morgan fingerprint density at radius 3 is 1.63 bits per heavy atom. The molecule has 142 valence electrons. The number of carboxylic acid groups (broad SMARTS) is 1. The molecule has 3 nitrogen and oxygen atoms in total. The summed E-state index contributed by atoms with van der Waals surface area (Å²) in [5.74, 6) is -0.941. The van der Waals surface area contributed by atoms with E-state index in [1.54, 1.807) is 34.0 Å². The van der Waals surface area contributed by atoms with Crippen LogP contribution in [0.2, 0.25) is 0 Å². The van der Waals surface area contributed by atoms with Gasteiger partial charge in [0.05, 0.1) is 5.69 Å². The van der Waals surface area contributed by atoms with Crippen LogP contribution in [-0.2, 0) is 0 Å². The standard InChI is InChI=1S/C17H11NO2S3.2C2H6/c19-17(20)16-14(11-2-5-22-8-11)13(10-1-4-21-7-10)15(18-16)12-3-6-23-9-12;2*1-2/h1-9,18H,(H,19,20);2*1-2H3. The molecule has 0 bridgehead atoms. The van der Waals surface area contributed by atoms with Crippen molar-refractivity contribution in [3.63, 3.8) is 0 Å². The van der Waals surface area contributed by atoms with Crippen molar-refractivity contribution in [3.05, 3.63) is 56.2 Å². The Balaban J connectivity index is 0.000000614. The van der Waals surface area contributed by atoms with Gasteiger partial charge in [0, 0.05) is 22.1 Å². The molecule has 4 aromatic rings. The van der Waals surface area contributed by atoms with Gasteiger partial charge in [-0.05, 0) is 56.2 Å². The highest BCUT2D eigenvalue weighted by atomic mass is 32.1. The predicted octanol–water partition coefficient (Wildman–Crippen LogP) is 7.95. The van der Waals surface area contributed by atoms with Gasteiger partial charge in [0.25, 0.3) is 0 Å². The van der Waals surface area contributed by atoms with E-state index >= 15 is 0 Å². The number of aromatic nitrogens is 1. The Morgan fingerprint density at radius 2 is 1.22 bits per heavy atom. The number of rotatable bonds is 4. The van der Waals surface area contributed by atoms with E-state index < -0.39 is 5.97 Å². The molecule has 0 spiro atoms. The fourth-order valence-electron chi connectivity index (χ4n) is 2.67. The molecule has 0 aliphatic rings. The van der Waals surface area contributed by atoms with E-state index in [-0.39, 0.29) is 5.69 Å². The minimum absolute atomic E-state index is 0.241. The maximum absolute atomic E-state index is 11.8. The number of carboxylic acids is 1. The molecule has 0 fully saturated rings. The van der Waals surface area contributed by atoms with E-state index in [1.165, 1.54) is 0 Å². The van der Waals surface area contributed by atoms with Gasteiger partial charge >= 0.3 is 5.97 Å². The molecule has 27 heavy (non-hydrogen) atoms. The molecule has 4 aromatic heterocycles. The molecular formula is C21H23NO2S3. The van der Waals surface area contributed by atoms with Gasteiger partial charge in [-0.2, -0.15) is 34.0 Å². The summed E-state index contributed by atoms with van der Waals surface area (Å²) in [6.45, 7) is 8.00. The number of thiophene rings is 3. The smallest absolute Gasteiger partial charge is 0.352 e. The fourth-order valence-corrected chi connectivity index (χ4v) is 4.61. The first-order chi connectivity index (χ1) is 13.3. The zero-order valence-corrected chi connectivity index (χ0v) is 18.2. The lowest BCUT2D eigenvalue weighted by molar-refractivity contribution is 0.0692. The van der Waals surface area contributed by atoms with Crippen LogP contribution in [0.3, 0.4) is 0 Å². The normalized spacial score (nSPS) is 9.78. The lowest BCUT2D eigenvalue weighted by Crippen LogP contribution is -1.98. The van der Waals surface area contributed by atoms with E-state index in [0.717, 1.165) is 33.5 Å². The van der Waals surface area contributed by atoms with Crippen molar-refractivity contribution >= 4 is 40.0 Å². The van der Waals surface area contributed by atoms with Crippen LogP contribution in [-0.4, -0.2) is 16.1 Å². The third-order valence-electron chi connectivity index (χ3n) is 3.64. The number of nitrogens with one attached hydrogen (secondary N) is 1. The number of hydrogen-bond donors (Lipinski definition) is 2. The first-order valence-electron chi connectivity index (χ1n) is 8.82. The summed E-state index contributed by atoms with van der Waals surface area (Å²) in [5.41, 5.74) is 5.82. The number of carbonyl (C=O) groups is 1. The molecule has 0 amide bonds. The fraction of sp³-hybridized carbons (Fsp3) is 0.190. The Bertz CT molecular complexity index is 934. The average molecular weight is 418 g/mol. The van der Waals surface area contributed by atoms with E-state index in [9.17, 15) is 9.90 Å². The van der Waals surface area contributed by atoms with Gasteiger partial charge in [0.15, 0.2) is 0 Å². The summed E-state index contributed by atoms with van der Waals surface area (Å²) >= 11 is 4.77. The summed E-state index contributed by atoms with van der Waals surface area (Å²) in [6, 6.07) is 6.01. The van der Waals surface area contributed by atoms with E-state index in [0.29, 0.717) is 0 Å². The molecule has 0 saturated carbocycles. The van der Waals surface area contributed by atoms with Gasteiger partial charge in [-0.25, -0.2) is 4.79 Å². The second kappa shape index (κ2) is 10.3. The molecular weight excluding hydrogens is 394 g/mol. The number of H-pyrrole nitrogens is 1. The molecule has 4 heterocycles. The van der Waals surface area contributed by atoms with Gasteiger partial charge in [-0.1, -0.05) is 27.7 Å². The SMILES string of the molecule is CC.CC.O=C(O)c1[nH]c(-c2ccsc2)c(-c2ccsc2)c1-c1ccsc1. The number of aromatic carboxylic acids is 1. The highest BCUT2D eigenvalue weighted by Crippen LogP contribution is 2.44. The number of aromatic amines is 1. The van der Waals surface area contributed by atoms with Crippen molar-refractivity contribution in [2.75, 3.05) is 0 Å². The van der Waals surface area contributed by atoms with Crippen LogP contribution in [0.25, 0.3) is 33.5 Å². The Hall–Kier alpha value is -2.15. The van der Waals surface area contributed by atoms with Crippen molar-refractivity contribution < 1.29 is 9.90 Å². The van der Waals surface area contributed by atoms with Crippen LogP contribution < -0.4 is 0 Å². The topological polar surface area (TPSA) is 53.1 Å². The largest absolute Gasteiger partial charge is 0.477 e. The summed E-state index contributed by atoms with van der Waals surface area (Å²) in [6.07, 6.45) is 0. The molecule has 0 saturated heterocycles. The van der Waals surface area contributed by atoms with Crippen molar-refractivity contribution in [2.24, 2.45) is 0 Å². The minimum Gasteiger partial charge on any atom is -0.477 e. The average Bonchev–Trinajstić information content (AvgIpc) is 3.51. The first kappa shape index (κ1) is 21.2. The van der Waals surface area contributed by atoms with Gasteiger partial charge < -0.3 is 10.1 Å². The van der Waals surface area contributed by atoms with Crippen LogP contribution in [0.15, 0.2) is 50.5 Å². The quantitative estimate of drug-likeness (QED) is 0.354. The first-order valence-corrected chi connectivity index (χ1v) is 11.7. The van der Waals surface area contributed by atoms with Crippen LogP contribution in [0.5, 0.6) is 0 Å². The molecule has 0 unspecified atom stereocenters. The molecule has 0 aromatic carbocycles. The molecule has 2 N–H and O–H groups in total. The summed E-state index contributed by atoms with van der Waals surface area (Å²) < 4.78 is 0. The molecule has 0 aliphatic heterocycles. The van der Waals surface area contributed by atoms with Crippen LogP contribution >= 0.6 is 34.0 Å². The Labute approximate surface area is 172 Å². The van der Waals surface area contributed by atoms with Crippen molar-refractivity contribution in [3.8, 4) is 33.5 Å². The van der Waals surface area contributed by atoms with Gasteiger partial charge in [0.1, 0.15) is 5.69 Å². The van der Waals surface area contributed by atoms with Gasteiger partial charge in [-0.15, -0.1) is 0 Å². The Kier molecular flexibility index (Phi) is 8.03. The molecule has 0 aliphatic carbocycles. The summed E-state index contributed by atoms with van der Waals surface area (Å²) in [7, 11) is 0. The summed E-state index contributed by atoms with van der Waals surface area (Å²) in [5, 5.41) is 21.7. The highest BCUT2D eigenvalue weighted by Gasteiger charge is 2.25. The maximum atomic E-state index is 11.8. The second-order valence-electron chi connectivity index (χ2n) is 4.97. The third kappa shape index (κ3) is 4.40. The zero-order chi connectivity index (χ0) is 19.8.